The van der Waals surface area contributed by atoms with Crippen LogP contribution < -0.4 is 0 Å². The Balaban J connectivity index is 3.98. The van der Waals surface area contributed by atoms with E-state index in [-0.39, 0.29) is 5.78 Å². The molecule has 0 aliphatic rings. The summed E-state index contributed by atoms with van der Waals surface area (Å²) in [6.07, 6.45) is 17.7. The van der Waals surface area contributed by atoms with Gasteiger partial charge in [0.05, 0.1) is 0 Å². The van der Waals surface area contributed by atoms with E-state index >= 15 is 0 Å². The molecule has 0 heterocycles. The summed E-state index contributed by atoms with van der Waals surface area (Å²) in [5, 5.41) is 0. The van der Waals surface area contributed by atoms with Crippen LogP contribution in [0.1, 0.15) is 92.9 Å². The van der Waals surface area contributed by atoms with Gasteiger partial charge in [-0.2, -0.15) is 0 Å². The Bertz CT molecular complexity index is 482. The van der Waals surface area contributed by atoms with Crippen molar-refractivity contribution in [2.45, 2.75) is 92.9 Å². The summed E-state index contributed by atoms with van der Waals surface area (Å²) in [7, 11) is 0. The number of rotatable bonds is 12. The van der Waals surface area contributed by atoms with Crippen LogP contribution in [0.3, 0.4) is 0 Å². The van der Waals surface area contributed by atoms with Crippen LogP contribution in [-0.2, 0) is 4.79 Å². The third-order valence-corrected chi connectivity index (χ3v) is 4.14. The summed E-state index contributed by atoms with van der Waals surface area (Å²) < 4.78 is 0. The van der Waals surface area contributed by atoms with E-state index in [1.54, 1.807) is 6.92 Å². The van der Waals surface area contributed by atoms with Crippen LogP contribution in [0.4, 0.5) is 0 Å². The maximum Gasteiger partial charge on any atom is 0.130 e. The summed E-state index contributed by atoms with van der Waals surface area (Å²) in [5.41, 5.74) is 5.80. The van der Waals surface area contributed by atoms with Crippen molar-refractivity contribution in [2.75, 3.05) is 0 Å². The number of hydrogen-bond donors (Lipinski definition) is 0. The first-order valence-corrected chi connectivity index (χ1v) is 9.41. The van der Waals surface area contributed by atoms with Crippen LogP contribution in [0.5, 0.6) is 0 Å². The first-order chi connectivity index (χ1) is 11.3. The minimum Gasteiger partial charge on any atom is -0.300 e. The SMILES string of the molecule is CC(=O)CC/C=C(/C)CC/C=C(/C)CC/C=C(/C)CCC=C(C)C. The highest BCUT2D eigenvalue weighted by molar-refractivity contribution is 5.75. The van der Waals surface area contributed by atoms with E-state index in [9.17, 15) is 4.79 Å². The highest BCUT2D eigenvalue weighted by Gasteiger charge is 1.94. The molecule has 0 aromatic rings. The lowest BCUT2D eigenvalue weighted by Crippen LogP contribution is -1.87. The van der Waals surface area contributed by atoms with Crippen molar-refractivity contribution in [1.29, 1.82) is 0 Å². The quantitative estimate of drug-likeness (QED) is 0.338. The van der Waals surface area contributed by atoms with Gasteiger partial charge in [-0.15, -0.1) is 0 Å². The van der Waals surface area contributed by atoms with Crippen molar-refractivity contribution in [3.8, 4) is 0 Å². The topological polar surface area (TPSA) is 17.1 Å². The van der Waals surface area contributed by atoms with Gasteiger partial charge in [0.25, 0.3) is 0 Å². The average Bonchev–Trinajstić information content (AvgIpc) is 2.46. The van der Waals surface area contributed by atoms with Crippen LogP contribution in [0.25, 0.3) is 0 Å². The van der Waals surface area contributed by atoms with Crippen LogP contribution in [0, 0.1) is 0 Å². The Morgan fingerprint density at radius 1 is 0.542 bits per heavy atom. The molecule has 136 valence electrons. The van der Waals surface area contributed by atoms with Crippen LogP contribution >= 0.6 is 0 Å². The largest absolute Gasteiger partial charge is 0.300 e. The number of allylic oxidation sites excluding steroid dienone is 8. The molecule has 0 aromatic carbocycles. The molecule has 0 aromatic heterocycles. The Morgan fingerprint density at radius 3 is 1.21 bits per heavy atom. The van der Waals surface area contributed by atoms with E-state index in [4.69, 9.17) is 0 Å². The molecule has 1 nitrogen and oxygen atoms in total. The summed E-state index contributed by atoms with van der Waals surface area (Å²) in [4.78, 5) is 10.9. The molecule has 0 amide bonds. The predicted octanol–water partition coefficient (Wildman–Crippen LogP) is 7.50. The molecule has 1 heteroatoms. The van der Waals surface area contributed by atoms with Gasteiger partial charge in [-0.25, -0.2) is 0 Å². The molecule has 0 spiro atoms. The van der Waals surface area contributed by atoms with E-state index in [0.29, 0.717) is 6.42 Å². The highest BCUT2D eigenvalue weighted by atomic mass is 16.1. The molecular weight excluding hydrogens is 292 g/mol. The van der Waals surface area contributed by atoms with Gasteiger partial charge < -0.3 is 4.79 Å². The molecule has 0 bridgehead atoms. The average molecular weight is 331 g/mol. The fraction of sp³-hybridized carbons (Fsp3) is 0.609. The molecule has 0 fully saturated rings. The molecule has 0 N–H and O–H groups in total. The minimum atomic E-state index is 0.277. The molecule has 0 atom stereocenters. The Morgan fingerprint density at radius 2 is 0.875 bits per heavy atom. The number of Topliss-reactive ketones (excluding diaryl/α,β-unsaturated/α-hetero) is 1. The fourth-order valence-electron chi connectivity index (χ4n) is 2.51. The number of ketones is 1. The highest BCUT2D eigenvalue weighted by Crippen LogP contribution is 2.14. The molecule has 0 rings (SSSR count). The van der Waals surface area contributed by atoms with E-state index in [0.717, 1.165) is 38.5 Å². The van der Waals surface area contributed by atoms with Crippen LogP contribution in [0.15, 0.2) is 46.6 Å². The van der Waals surface area contributed by atoms with Gasteiger partial charge in [-0.05, 0) is 86.5 Å². The Hall–Kier alpha value is -1.37. The summed E-state index contributed by atoms with van der Waals surface area (Å²) >= 11 is 0. The third-order valence-electron chi connectivity index (χ3n) is 4.14. The van der Waals surface area contributed by atoms with E-state index in [2.05, 4.69) is 58.9 Å². The van der Waals surface area contributed by atoms with Gasteiger partial charge >= 0.3 is 0 Å². The standard InChI is InChI=1S/C23H38O/c1-19(2)11-7-12-20(3)13-8-14-21(4)15-9-16-22(5)17-10-18-23(6)24/h11,13,15,17H,7-10,12,14,16,18H2,1-6H3/b20-13-,21-15-,22-17-. The second-order valence-corrected chi connectivity index (χ2v) is 7.29. The van der Waals surface area contributed by atoms with Gasteiger partial charge in [0.2, 0.25) is 0 Å². The van der Waals surface area contributed by atoms with Gasteiger partial charge in [0, 0.05) is 6.42 Å². The van der Waals surface area contributed by atoms with Crippen LogP contribution in [0.2, 0.25) is 0 Å². The lowest BCUT2D eigenvalue weighted by Gasteiger charge is -2.02. The third kappa shape index (κ3) is 15.5. The molecule has 0 saturated carbocycles. The monoisotopic (exact) mass is 330 g/mol. The van der Waals surface area contributed by atoms with Gasteiger partial charge in [0.15, 0.2) is 0 Å². The lowest BCUT2D eigenvalue weighted by atomic mass is 10.0. The molecule has 24 heavy (non-hydrogen) atoms. The normalized spacial score (nSPS) is 13.2. The van der Waals surface area contributed by atoms with E-state index < -0.39 is 0 Å². The maximum atomic E-state index is 10.9. The second kappa shape index (κ2) is 14.0. The molecule has 0 aliphatic heterocycles. The number of carbonyl (C=O) groups excluding carboxylic acids is 1. The van der Waals surface area contributed by atoms with Crippen molar-refractivity contribution < 1.29 is 4.79 Å². The van der Waals surface area contributed by atoms with Gasteiger partial charge in [-0.1, -0.05) is 46.6 Å². The zero-order valence-electron chi connectivity index (χ0n) is 16.9. The summed E-state index contributed by atoms with van der Waals surface area (Å²) in [5.74, 6) is 0.277. The van der Waals surface area contributed by atoms with Crippen molar-refractivity contribution in [2.24, 2.45) is 0 Å². The minimum absolute atomic E-state index is 0.277. The van der Waals surface area contributed by atoms with Crippen LogP contribution in [-0.4, -0.2) is 5.78 Å². The van der Waals surface area contributed by atoms with Gasteiger partial charge in [0.1, 0.15) is 5.78 Å². The Kier molecular flexibility index (Phi) is 13.2. The van der Waals surface area contributed by atoms with Crippen molar-refractivity contribution >= 4 is 5.78 Å². The molecular formula is C23H38O. The van der Waals surface area contributed by atoms with Gasteiger partial charge in [-0.3, -0.25) is 0 Å². The zero-order valence-corrected chi connectivity index (χ0v) is 16.9. The zero-order chi connectivity index (χ0) is 18.4. The summed E-state index contributed by atoms with van der Waals surface area (Å²) in [6, 6.07) is 0. The van der Waals surface area contributed by atoms with Crippen molar-refractivity contribution in [3.63, 3.8) is 0 Å². The summed E-state index contributed by atoms with van der Waals surface area (Å²) in [6.45, 7) is 12.6. The maximum absolute atomic E-state index is 10.9. The number of hydrogen-bond acceptors (Lipinski definition) is 1. The number of carbonyl (C=O) groups is 1. The molecule has 0 saturated heterocycles. The predicted molar refractivity (Wildman–Crippen MR) is 108 cm³/mol. The van der Waals surface area contributed by atoms with E-state index in [1.165, 1.54) is 28.7 Å². The second-order valence-electron chi connectivity index (χ2n) is 7.29. The first kappa shape index (κ1) is 22.6. The first-order valence-electron chi connectivity index (χ1n) is 9.41. The van der Waals surface area contributed by atoms with E-state index in [1.807, 2.05) is 0 Å². The fourth-order valence-corrected chi connectivity index (χ4v) is 2.51. The molecule has 0 radical (unpaired) electrons. The smallest absolute Gasteiger partial charge is 0.130 e. The molecule has 0 unspecified atom stereocenters. The molecule has 0 aliphatic carbocycles. The lowest BCUT2D eigenvalue weighted by molar-refractivity contribution is -0.116. The van der Waals surface area contributed by atoms with Crippen molar-refractivity contribution in [3.05, 3.63) is 46.6 Å². The Labute approximate surface area is 150 Å². The van der Waals surface area contributed by atoms with Crippen molar-refractivity contribution in [1.82, 2.24) is 0 Å².